The second-order valence-corrected chi connectivity index (χ2v) is 11.0. The third-order valence-electron chi connectivity index (χ3n) is 7.21. The maximum absolute atomic E-state index is 14.1. The molecule has 3 heterocycles. The highest BCUT2D eigenvalue weighted by atomic mass is 32.1. The molecule has 6 rings (SSSR count). The van der Waals surface area contributed by atoms with Gasteiger partial charge in [-0.1, -0.05) is 59.4 Å². The van der Waals surface area contributed by atoms with E-state index < -0.39 is 17.9 Å². The smallest absolute Gasteiger partial charge is 0.350 e. The van der Waals surface area contributed by atoms with Crippen LogP contribution < -0.4 is 19.8 Å². The van der Waals surface area contributed by atoms with E-state index in [9.17, 15) is 14.4 Å². The normalized spacial score (nSPS) is 14.2. The molecule has 1 aliphatic heterocycles. The molecule has 0 aliphatic carbocycles. The van der Waals surface area contributed by atoms with Crippen LogP contribution in [0.2, 0.25) is 0 Å². The van der Waals surface area contributed by atoms with Gasteiger partial charge in [-0.05, 0) is 56.2 Å². The summed E-state index contributed by atoms with van der Waals surface area (Å²) in [6.07, 6.45) is 0. The fraction of sp³-hybridized carbons (Fsp3) is 0.212. The Bertz CT molecular complexity index is 1930. The van der Waals surface area contributed by atoms with Crippen LogP contribution in [0.15, 0.2) is 75.9 Å². The summed E-state index contributed by atoms with van der Waals surface area (Å²) < 4.78 is 23.1. The number of benzene rings is 3. The van der Waals surface area contributed by atoms with Crippen molar-refractivity contribution in [3.63, 3.8) is 0 Å². The highest BCUT2D eigenvalue weighted by Gasteiger charge is 2.45. The summed E-state index contributed by atoms with van der Waals surface area (Å²) in [4.78, 5) is 46.7. The van der Waals surface area contributed by atoms with Gasteiger partial charge in [-0.25, -0.2) is 9.78 Å². The summed E-state index contributed by atoms with van der Waals surface area (Å²) in [5, 5.41) is 0.609. The van der Waals surface area contributed by atoms with Gasteiger partial charge in [-0.2, -0.15) is 0 Å². The third kappa shape index (κ3) is 5.03. The molecule has 0 spiro atoms. The molecule has 1 atom stereocenters. The maximum atomic E-state index is 14.1. The van der Waals surface area contributed by atoms with E-state index in [-0.39, 0.29) is 26.8 Å². The van der Waals surface area contributed by atoms with Crippen molar-refractivity contribution < 1.29 is 28.2 Å². The summed E-state index contributed by atoms with van der Waals surface area (Å²) in [5.41, 5.74) is 3.07. The van der Waals surface area contributed by atoms with Crippen LogP contribution in [-0.2, 0) is 11.3 Å². The highest BCUT2D eigenvalue weighted by molar-refractivity contribution is 7.17. The number of thiazole rings is 1. The second-order valence-electron chi connectivity index (χ2n) is 10.1. The first-order chi connectivity index (χ1) is 20.8. The largest absolute Gasteiger partial charge is 0.490 e. The van der Waals surface area contributed by atoms with Gasteiger partial charge in [0.2, 0.25) is 5.76 Å². The van der Waals surface area contributed by atoms with E-state index in [1.165, 1.54) is 12.0 Å². The molecule has 9 nitrogen and oxygen atoms in total. The summed E-state index contributed by atoms with van der Waals surface area (Å²) >= 11 is 1.02. The summed E-state index contributed by atoms with van der Waals surface area (Å²) in [6, 6.07) is 19.5. The van der Waals surface area contributed by atoms with Crippen molar-refractivity contribution in [3.8, 4) is 11.5 Å². The lowest BCUT2D eigenvalue weighted by Crippen LogP contribution is -2.29. The molecule has 0 N–H and O–H groups in total. The molecule has 0 saturated carbocycles. The van der Waals surface area contributed by atoms with E-state index in [0.29, 0.717) is 46.9 Å². The lowest BCUT2D eigenvalue weighted by molar-refractivity contribution is 0.0605. The number of fused-ring (bicyclic) bond motifs is 2. The predicted molar refractivity (Wildman–Crippen MR) is 162 cm³/mol. The molecule has 43 heavy (non-hydrogen) atoms. The number of carbonyl (C=O) groups is 2. The van der Waals surface area contributed by atoms with Gasteiger partial charge in [0.05, 0.1) is 36.4 Å². The number of methoxy groups -OCH3 is 1. The van der Waals surface area contributed by atoms with E-state index in [4.69, 9.17) is 18.6 Å². The summed E-state index contributed by atoms with van der Waals surface area (Å²) in [7, 11) is 1.29. The van der Waals surface area contributed by atoms with Gasteiger partial charge >= 0.3 is 5.97 Å². The molecule has 5 aromatic rings. The average molecular weight is 597 g/mol. The van der Waals surface area contributed by atoms with Gasteiger partial charge in [0, 0.05) is 0 Å². The van der Waals surface area contributed by atoms with Crippen LogP contribution in [-0.4, -0.2) is 30.6 Å². The fourth-order valence-electron chi connectivity index (χ4n) is 5.18. The number of carbonyl (C=O) groups excluding carboxylic acids is 2. The molecule has 1 aliphatic rings. The average Bonchev–Trinajstić information content (AvgIpc) is 3.54. The van der Waals surface area contributed by atoms with Crippen molar-refractivity contribution in [1.29, 1.82) is 0 Å². The van der Waals surface area contributed by atoms with Crippen LogP contribution in [0.5, 0.6) is 11.5 Å². The first-order valence-corrected chi connectivity index (χ1v) is 14.5. The van der Waals surface area contributed by atoms with Gasteiger partial charge in [0.15, 0.2) is 22.1 Å². The zero-order chi connectivity index (χ0) is 30.2. The fourth-order valence-corrected chi connectivity index (χ4v) is 6.20. The Morgan fingerprint density at radius 2 is 1.79 bits per heavy atom. The van der Waals surface area contributed by atoms with Crippen molar-refractivity contribution in [3.05, 3.63) is 116 Å². The van der Waals surface area contributed by atoms with Crippen LogP contribution >= 0.6 is 11.3 Å². The number of hydrogen-bond donors (Lipinski definition) is 0. The Morgan fingerprint density at radius 3 is 2.53 bits per heavy atom. The molecule has 0 radical (unpaired) electrons. The molecule has 0 saturated heterocycles. The lowest BCUT2D eigenvalue weighted by atomic mass is 9.98. The topological polar surface area (TPSA) is 108 Å². The zero-order valence-electron chi connectivity index (χ0n) is 24.0. The van der Waals surface area contributed by atoms with E-state index in [1.54, 1.807) is 37.3 Å². The van der Waals surface area contributed by atoms with Crippen LogP contribution in [0.3, 0.4) is 0 Å². The van der Waals surface area contributed by atoms with Crippen molar-refractivity contribution in [1.82, 2.24) is 4.98 Å². The lowest BCUT2D eigenvalue weighted by Gasteiger charge is -2.23. The van der Waals surface area contributed by atoms with Crippen molar-refractivity contribution in [2.24, 2.45) is 0 Å². The molecule has 10 heteroatoms. The minimum Gasteiger partial charge on any atom is -0.490 e. The number of nitrogens with zero attached hydrogens (tertiary/aromatic N) is 2. The summed E-state index contributed by atoms with van der Waals surface area (Å²) in [6.45, 7) is 6.12. The number of esters is 1. The quantitative estimate of drug-likeness (QED) is 0.190. The van der Waals surface area contributed by atoms with Crippen molar-refractivity contribution in [2.45, 2.75) is 33.4 Å². The minimum absolute atomic E-state index is 0.0683. The van der Waals surface area contributed by atoms with Crippen molar-refractivity contribution >= 4 is 39.3 Å². The van der Waals surface area contributed by atoms with Gasteiger partial charge in [-0.3, -0.25) is 14.5 Å². The van der Waals surface area contributed by atoms with Crippen LogP contribution in [0.25, 0.3) is 11.0 Å². The summed E-state index contributed by atoms with van der Waals surface area (Å²) in [5.74, 6) is -0.183. The van der Waals surface area contributed by atoms with Gasteiger partial charge in [-0.15, -0.1) is 0 Å². The first-order valence-electron chi connectivity index (χ1n) is 13.7. The predicted octanol–water partition coefficient (Wildman–Crippen LogP) is 6.38. The minimum atomic E-state index is -0.901. The number of hydrogen-bond acceptors (Lipinski definition) is 9. The monoisotopic (exact) mass is 596 g/mol. The van der Waals surface area contributed by atoms with E-state index in [2.05, 4.69) is 4.98 Å². The first kappa shape index (κ1) is 28.2. The Morgan fingerprint density at radius 1 is 1.00 bits per heavy atom. The molecule has 3 aromatic carbocycles. The molecular weight excluding hydrogens is 568 g/mol. The van der Waals surface area contributed by atoms with E-state index >= 15 is 0 Å². The Labute approximate surface area is 251 Å². The Balaban J connectivity index is 1.51. The van der Waals surface area contributed by atoms with E-state index in [1.807, 2.05) is 50.2 Å². The molecule has 0 bridgehead atoms. The zero-order valence-corrected chi connectivity index (χ0v) is 24.8. The molecule has 0 fully saturated rings. The number of rotatable bonds is 8. The van der Waals surface area contributed by atoms with Gasteiger partial charge in [0.25, 0.3) is 5.91 Å². The Hall–Kier alpha value is -4.96. The molecule has 218 valence electrons. The van der Waals surface area contributed by atoms with Crippen LogP contribution in [0, 0.1) is 13.8 Å². The molecule has 1 amide bonds. The number of anilines is 1. The van der Waals surface area contributed by atoms with Crippen molar-refractivity contribution in [2.75, 3.05) is 18.6 Å². The van der Waals surface area contributed by atoms with Crippen LogP contribution in [0.1, 0.15) is 61.1 Å². The SMILES string of the molecule is CCOc1cc(C2c3c(oc4ccc(C)cc4c3=O)C(=O)N2c2nc(C)c(C(=O)OC)s2)ccc1OCc1ccccc1. The third-order valence-corrected chi connectivity index (χ3v) is 8.35. The maximum Gasteiger partial charge on any atom is 0.350 e. The van der Waals surface area contributed by atoms with Crippen LogP contribution in [0.4, 0.5) is 5.13 Å². The van der Waals surface area contributed by atoms with E-state index in [0.717, 1.165) is 22.5 Å². The molecular formula is C33H28N2O7S. The molecule has 2 aromatic heterocycles. The highest BCUT2D eigenvalue weighted by Crippen LogP contribution is 2.45. The standard InChI is InChI=1S/C33H28N2O7S/c1-5-40-25-16-21(12-14-24(25)41-17-20-9-7-6-8-10-20)27-26-28(36)22-15-18(2)11-13-23(22)42-29(26)31(37)35(27)33-34-19(3)30(43-33)32(38)39-4/h6-16,27H,5,17H2,1-4H3. The number of amides is 1. The molecule has 1 unspecified atom stereocenters. The van der Waals surface area contributed by atoms with Gasteiger partial charge in [0.1, 0.15) is 17.1 Å². The number of aromatic nitrogens is 1. The van der Waals surface area contributed by atoms with Gasteiger partial charge < -0.3 is 18.6 Å². The second kappa shape index (κ2) is 11.4. The number of aryl methyl sites for hydroxylation is 2. The number of ether oxygens (including phenoxy) is 3. The Kier molecular flexibility index (Phi) is 7.45.